The van der Waals surface area contributed by atoms with Gasteiger partial charge in [-0.1, -0.05) is 62.1 Å². The van der Waals surface area contributed by atoms with Gasteiger partial charge in [0.1, 0.15) is 0 Å². The summed E-state index contributed by atoms with van der Waals surface area (Å²) in [6.45, 7) is 7.83. The molecule has 190 valence electrons. The van der Waals surface area contributed by atoms with Crippen LogP contribution in [0.15, 0.2) is 42.5 Å². The second-order valence-electron chi connectivity index (χ2n) is 12.4. The Bertz CT molecular complexity index is 1010. The molecule has 2 aromatic carbocycles. The maximum atomic E-state index is 12.6. The van der Waals surface area contributed by atoms with E-state index in [0.29, 0.717) is 19.1 Å². The van der Waals surface area contributed by atoms with Crippen molar-refractivity contribution in [1.29, 1.82) is 0 Å². The van der Waals surface area contributed by atoms with E-state index in [1.807, 2.05) is 25.8 Å². The van der Waals surface area contributed by atoms with Crippen molar-refractivity contribution in [2.75, 3.05) is 13.1 Å². The Labute approximate surface area is 211 Å². The van der Waals surface area contributed by atoms with E-state index in [0.717, 1.165) is 30.7 Å². The van der Waals surface area contributed by atoms with E-state index >= 15 is 0 Å². The molecule has 3 fully saturated rings. The summed E-state index contributed by atoms with van der Waals surface area (Å²) in [7, 11) is 0. The molecule has 2 aromatic rings. The monoisotopic (exact) mass is 477 g/mol. The van der Waals surface area contributed by atoms with E-state index in [4.69, 9.17) is 9.57 Å². The third-order valence-electron chi connectivity index (χ3n) is 8.86. The zero-order valence-corrected chi connectivity index (χ0v) is 21.9. The van der Waals surface area contributed by atoms with Crippen LogP contribution in [-0.4, -0.2) is 30.2 Å². The lowest BCUT2D eigenvalue weighted by Gasteiger charge is -2.46. The predicted molar refractivity (Wildman–Crippen MR) is 141 cm³/mol. The van der Waals surface area contributed by atoms with Crippen LogP contribution >= 0.6 is 0 Å². The molecule has 1 saturated heterocycles. The Hall–Kier alpha value is -1.91. The van der Waals surface area contributed by atoms with Crippen LogP contribution < -0.4 is 0 Å². The Morgan fingerprint density at radius 2 is 1.66 bits per heavy atom. The minimum atomic E-state index is -0.502. The maximum Gasteiger partial charge on any atom is 0.330 e. The summed E-state index contributed by atoms with van der Waals surface area (Å²) >= 11 is 0. The van der Waals surface area contributed by atoms with Gasteiger partial charge in [-0.05, 0) is 92.5 Å². The molecule has 0 radical (unpaired) electrons. The molecule has 0 aromatic heterocycles. The van der Waals surface area contributed by atoms with Crippen molar-refractivity contribution in [2.24, 2.45) is 29.1 Å². The van der Waals surface area contributed by atoms with Crippen LogP contribution in [0.25, 0.3) is 10.8 Å². The van der Waals surface area contributed by atoms with Crippen molar-refractivity contribution >= 4 is 16.7 Å². The lowest BCUT2D eigenvalue weighted by Crippen LogP contribution is -2.50. The lowest BCUT2D eigenvalue weighted by atomic mass is 9.63. The summed E-state index contributed by atoms with van der Waals surface area (Å²) in [6.07, 6.45) is 10.9. The van der Waals surface area contributed by atoms with Crippen LogP contribution in [0.2, 0.25) is 0 Å². The molecule has 0 spiro atoms. The Balaban J connectivity index is 1.29. The van der Waals surface area contributed by atoms with Gasteiger partial charge >= 0.3 is 5.97 Å². The number of fused-ring (bicyclic) bond motifs is 2. The highest BCUT2D eigenvalue weighted by Crippen LogP contribution is 2.47. The van der Waals surface area contributed by atoms with Gasteiger partial charge in [-0.15, -0.1) is 5.06 Å². The van der Waals surface area contributed by atoms with Crippen molar-refractivity contribution in [3.05, 3.63) is 48.0 Å². The summed E-state index contributed by atoms with van der Waals surface area (Å²) < 4.78 is 6.68. The van der Waals surface area contributed by atoms with E-state index in [9.17, 15) is 4.79 Å². The van der Waals surface area contributed by atoms with Crippen molar-refractivity contribution in [3.63, 3.8) is 0 Å². The number of hydrogen-bond acceptors (Lipinski definition) is 4. The normalized spacial score (nSPS) is 30.1. The number of carbonyl (C=O) groups excluding carboxylic acids is 1. The molecule has 0 amide bonds. The minimum absolute atomic E-state index is 0.0909. The van der Waals surface area contributed by atoms with Crippen LogP contribution in [0, 0.1) is 29.1 Å². The fraction of sp³-hybridized carbons (Fsp3) is 0.645. The van der Waals surface area contributed by atoms with Crippen LogP contribution in [0.1, 0.15) is 77.7 Å². The first-order valence-corrected chi connectivity index (χ1v) is 13.9. The van der Waals surface area contributed by atoms with Gasteiger partial charge in [0, 0.05) is 6.54 Å². The number of benzene rings is 2. The first kappa shape index (κ1) is 24.8. The fourth-order valence-electron chi connectivity index (χ4n) is 6.79. The molecule has 4 nitrogen and oxygen atoms in total. The van der Waals surface area contributed by atoms with E-state index in [-0.39, 0.29) is 12.1 Å². The van der Waals surface area contributed by atoms with Gasteiger partial charge in [-0.25, -0.2) is 4.79 Å². The highest BCUT2D eigenvalue weighted by atomic mass is 16.7. The molecule has 5 rings (SSSR count). The first-order valence-electron chi connectivity index (χ1n) is 13.9. The Morgan fingerprint density at radius 1 is 0.914 bits per heavy atom. The summed E-state index contributed by atoms with van der Waals surface area (Å²) in [5.74, 6) is 3.00. The van der Waals surface area contributed by atoms with Crippen LogP contribution in [0.5, 0.6) is 0 Å². The molecule has 5 unspecified atom stereocenters. The van der Waals surface area contributed by atoms with Gasteiger partial charge in [0.2, 0.25) is 0 Å². The van der Waals surface area contributed by atoms with Gasteiger partial charge in [-0.2, -0.15) is 0 Å². The fourth-order valence-corrected chi connectivity index (χ4v) is 6.79. The molecule has 1 aliphatic heterocycles. The van der Waals surface area contributed by atoms with Crippen molar-refractivity contribution in [1.82, 2.24) is 5.06 Å². The molecule has 1 heterocycles. The van der Waals surface area contributed by atoms with Gasteiger partial charge in [0.25, 0.3) is 0 Å². The molecule has 4 heteroatoms. The van der Waals surface area contributed by atoms with Crippen molar-refractivity contribution < 1.29 is 14.4 Å². The second-order valence-corrected chi connectivity index (χ2v) is 12.4. The largest absolute Gasteiger partial charge is 0.372 e. The molecular weight excluding hydrogens is 434 g/mol. The number of rotatable bonds is 5. The van der Waals surface area contributed by atoms with Gasteiger partial charge in [-0.3, -0.25) is 0 Å². The SMILES string of the molecule is CC(C)(C)C(=O)ON1CCC(C2CCC3CCCCC3C2)C(OCc2ccc3ccccc3c2)C1. The quantitative estimate of drug-likeness (QED) is 0.458. The van der Waals surface area contributed by atoms with Crippen LogP contribution in [0.4, 0.5) is 0 Å². The third kappa shape index (κ3) is 5.91. The number of hydroxylamine groups is 2. The zero-order chi connectivity index (χ0) is 24.4. The first-order chi connectivity index (χ1) is 16.9. The molecule has 0 N–H and O–H groups in total. The lowest BCUT2D eigenvalue weighted by molar-refractivity contribution is -0.222. The van der Waals surface area contributed by atoms with E-state index in [2.05, 4.69) is 42.5 Å². The van der Waals surface area contributed by atoms with E-state index < -0.39 is 5.41 Å². The smallest absolute Gasteiger partial charge is 0.330 e. The standard InChI is InChI=1S/C31H43NO3/c1-31(2,3)30(33)35-32-17-16-28(27-15-14-24-9-5-7-11-26(24)19-27)29(20-32)34-21-22-12-13-23-8-4-6-10-25(23)18-22/h4,6,8,10,12-13,18,24,26-29H,5,7,9,11,14-17,19-21H2,1-3H3. The average Bonchev–Trinajstić information content (AvgIpc) is 2.86. The van der Waals surface area contributed by atoms with Crippen LogP contribution in [-0.2, 0) is 21.0 Å². The summed E-state index contributed by atoms with van der Waals surface area (Å²) in [5, 5.41) is 4.39. The number of carbonyl (C=O) groups is 1. The number of ether oxygens (including phenoxy) is 1. The van der Waals surface area contributed by atoms with E-state index in [1.165, 1.54) is 61.3 Å². The number of hydrogen-bond donors (Lipinski definition) is 0. The topological polar surface area (TPSA) is 38.8 Å². The van der Waals surface area contributed by atoms with Crippen molar-refractivity contribution in [3.8, 4) is 0 Å². The summed E-state index contributed by atoms with van der Waals surface area (Å²) in [6, 6.07) is 15.1. The molecule has 2 aliphatic carbocycles. The third-order valence-corrected chi connectivity index (χ3v) is 8.86. The highest BCUT2D eigenvalue weighted by molar-refractivity contribution is 5.82. The Kier molecular flexibility index (Phi) is 7.50. The minimum Gasteiger partial charge on any atom is -0.372 e. The summed E-state index contributed by atoms with van der Waals surface area (Å²) in [5.41, 5.74) is 0.708. The van der Waals surface area contributed by atoms with E-state index in [1.54, 1.807) is 0 Å². The zero-order valence-electron chi connectivity index (χ0n) is 21.9. The average molecular weight is 478 g/mol. The van der Waals surface area contributed by atoms with Gasteiger partial charge in [0.05, 0.1) is 24.7 Å². The summed E-state index contributed by atoms with van der Waals surface area (Å²) in [4.78, 5) is 18.4. The predicted octanol–water partition coefficient (Wildman–Crippen LogP) is 7.16. The molecule has 5 atom stereocenters. The Morgan fingerprint density at radius 3 is 2.46 bits per heavy atom. The second kappa shape index (κ2) is 10.6. The molecule has 2 saturated carbocycles. The molecular formula is C31H43NO3. The number of piperidine rings is 1. The highest BCUT2D eigenvalue weighted by Gasteiger charge is 2.41. The molecule has 0 bridgehead atoms. The molecule has 35 heavy (non-hydrogen) atoms. The van der Waals surface area contributed by atoms with Crippen LogP contribution in [0.3, 0.4) is 0 Å². The maximum absolute atomic E-state index is 12.6. The van der Waals surface area contributed by atoms with Crippen molar-refractivity contribution in [2.45, 2.75) is 84.8 Å². The molecule has 3 aliphatic rings. The number of nitrogens with zero attached hydrogens (tertiary/aromatic N) is 1. The van der Waals surface area contributed by atoms with Gasteiger partial charge < -0.3 is 9.57 Å². The van der Waals surface area contributed by atoms with Gasteiger partial charge in [0.15, 0.2) is 0 Å².